The van der Waals surface area contributed by atoms with Crippen molar-refractivity contribution in [1.29, 1.82) is 0 Å². The Hall–Kier alpha value is -4.07. The molecular formula is C28H28N2O6. The van der Waals surface area contributed by atoms with Gasteiger partial charge in [0.25, 0.3) is 5.91 Å². The van der Waals surface area contributed by atoms with Gasteiger partial charge in [-0.25, -0.2) is 9.59 Å². The minimum Gasteiger partial charge on any atom is -0.483 e. The minimum atomic E-state index is -0.749. The largest absolute Gasteiger partial charge is 0.483 e. The summed E-state index contributed by atoms with van der Waals surface area (Å²) in [7, 11) is 1.33. The Morgan fingerprint density at radius 2 is 2.00 bits per heavy atom. The van der Waals surface area contributed by atoms with Gasteiger partial charge in [-0.05, 0) is 48.2 Å². The quantitative estimate of drug-likeness (QED) is 0.325. The van der Waals surface area contributed by atoms with E-state index in [1.54, 1.807) is 6.07 Å². The molecule has 2 aromatic heterocycles. The molecule has 1 aliphatic heterocycles. The molecular weight excluding hydrogens is 460 g/mol. The second-order valence-electron chi connectivity index (χ2n) is 9.16. The van der Waals surface area contributed by atoms with Crippen LogP contribution in [0.5, 0.6) is 5.75 Å². The van der Waals surface area contributed by atoms with Gasteiger partial charge in [0.1, 0.15) is 17.4 Å². The van der Waals surface area contributed by atoms with E-state index in [4.69, 9.17) is 13.9 Å². The van der Waals surface area contributed by atoms with E-state index in [-0.39, 0.29) is 19.1 Å². The molecule has 8 heteroatoms. The van der Waals surface area contributed by atoms with Crippen LogP contribution in [0.1, 0.15) is 35.7 Å². The third kappa shape index (κ3) is 4.23. The fourth-order valence-corrected chi connectivity index (χ4v) is 5.09. The Kier molecular flexibility index (Phi) is 6.26. The minimum absolute atomic E-state index is 0.247. The first-order chi connectivity index (χ1) is 17.4. The first-order valence-electron chi connectivity index (χ1n) is 12.1. The summed E-state index contributed by atoms with van der Waals surface area (Å²) in [5, 5.41) is 1.73. The van der Waals surface area contributed by atoms with Crippen LogP contribution in [0.4, 0.5) is 0 Å². The lowest BCUT2D eigenvalue weighted by Crippen LogP contribution is -2.50. The van der Waals surface area contributed by atoms with Gasteiger partial charge in [-0.3, -0.25) is 4.79 Å². The zero-order chi connectivity index (χ0) is 25.4. The van der Waals surface area contributed by atoms with Crippen molar-refractivity contribution in [2.45, 2.75) is 45.7 Å². The van der Waals surface area contributed by atoms with E-state index in [2.05, 4.69) is 4.98 Å². The summed E-state index contributed by atoms with van der Waals surface area (Å²) in [4.78, 5) is 43.0. The first kappa shape index (κ1) is 23.7. The van der Waals surface area contributed by atoms with Crippen LogP contribution >= 0.6 is 0 Å². The lowest BCUT2D eigenvalue weighted by molar-refractivity contribution is -0.154. The molecule has 5 rings (SSSR count). The van der Waals surface area contributed by atoms with Crippen molar-refractivity contribution < 1.29 is 23.5 Å². The molecule has 4 aromatic rings. The number of carbonyl (C=O) groups excluding carboxylic acids is 2. The van der Waals surface area contributed by atoms with Crippen molar-refractivity contribution in [1.82, 2.24) is 9.88 Å². The van der Waals surface area contributed by atoms with Crippen LogP contribution in [0, 0.1) is 6.92 Å². The van der Waals surface area contributed by atoms with Gasteiger partial charge in [-0.1, -0.05) is 31.5 Å². The topological polar surface area (TPSA) is 102 Å². The van der Waals surface area contributed by atoms with Gasteiger partial charge >= 0.3 is 11.6 Å². The maximum atomic E-state index is 13.4. The Balaban J connectivity index is 1.45. The van der Waals surface area contributed by atoms with Crippen LogP contribution in [0.25, 0.3) is 21.9 Å². The van der Waals surface area contributed by atoms with Crippen molar-refractivity contribution in [3.8, 4) is 5.75 Å². The van der Waals surface area contributed by atoms with Crippen LogP contribution in [0.15, 0.2) is 51.7 Å². The molecule has 1 unspecified atom stereocenters. The van der Waals surface area contributed by atoms with Gasteiger partial charge in [0.15, 0.2) is 6.61 Å². The number of methoxy groups -OCH3 is 1. The molecule has 1 aliphatic rings. The molecule has 3 heterocycles. The SMILES string of the molecule is CCCc1cc(=O)oc2cc(C)cc(OCC(=O)N3Cc4[nH]c5ccccc5c4CC3C(=O)OC)c12. The van der Waals surface area contributed by atoms with Gasteiger partial charge < -0.3 is 23.8 Å². The number of carbonyl (C=O) groups is 2. The van der Waals surface area contributed by atoms with Gasteiger partial charge in [0.2, 0.25) is 0 Å². The Bertz CT molecular complexity index is 1530. The molecule has 0 fully saturated rings. The van der Waals surface area contributed by atoms with Gasteiger partial charge in [0, 0.05) is 29.1 Å². The summed E-state index contributed by atoms with van der Waals surface area (Å²) >= 11 is 0. The van der Waals surface area contributed by atoms with E-state index < -0.39 is 17.6 Å². The monoisotopic (exact) mass is 488 g/mol. The van der Waals surface area contributed by atoms with Crippen molar-refractivity contribution in [2.75, 3.05) is 13.7 Å². The van der Waals surface area contributed by atoms with Crippen LogP contribution in [0.2, 0.25) is 0 Å². The number of nitrogens with zero attached hydrogens (tertiary/aromatic N) is 1. The molecule has 0 saturated heterocycles. The highest BCUT2D eigenvalue weighted by Gasteiger charge is 2.37. The third-order valence-electron chi connectivity index (χ3n) is 6.70. The van der Waals surface area contributed by atoms with Gasteiger partial charge in [0.05, 0.1) is 19.0 Å². The smallest absolute Gasteiger partial charge is 0.336 e. The molecule has 1 atom stereocenters. The molecule has 1 N–H and O–H groups in total. The molecule has 186 valence electrons. The molecule has 36 heavy (non-hydrogen) atoms. The number of nitrogens with one attached hydrogen (secondary N) is 1. The number of fused-ring (bicyclic) bond motifs is 4. The average molecular weight is 489 g/mol. The number of aryl methyl sites for hydroxylation is 2. The number of rotatable bonds is 6. The molecule has 1 amide bonds. The Morgan fingerprint density at radius 1 is 1.19 bits per heavy atom. The molecule has 2 aromatic carbocycles. The highest BCUT2D eigenvalue weighted by Crippen LogP contribution is 2.33. The normalized spacial score (nSPS) is 15.2. The van der Waals surface area contributed by atoms with E-state index in [1.165, 1.54) is 18.1 Å². The van der Waals surface area contributed by atoms with Crippen molar-refractivity contribution in [2.24, 2.45) is 0 Å². The number of H-pyrrole nitrogens is 1. The van der Waals surface area contributed by atoms with Crippen molar-refractivity contribution in [3.05, 3.63) is 75.3 Å². The number of benzene rings is 2. The fourth-order valence-electron chi connectivity index (χ4n) is 5.09. The standard InChI is InChI=1S/C28H28N2O6/c1-4-7-17-12-26(32)36-24-11-16(2)10-23(27(17)24)35-15-25(31)30-14-21-19(13-22(30)28(33)34-3)18-8-5-6-9-20(18)29-21/h5-6,8-12,22,29H,4,7,13-15H2,1-3H3. The Morgan fingerprint density at radius 3 is 2.78 bits per heavy atom. The second-order valence-corrected chi connectivity index (χ2v) is 9.16. The number of aromatic amines is 1. The molecule has 0 aliphatic carbocycles. The van der Waals surface area contributed by atoms with Crippen LogP contribution < -0.4 is 10.4 Å². The summed E-state index contributed by atoms with van der Waals surface area (Å²) in [6.45, 7) is 3.87. The molecule has 0 spiro atoms. The lowest BCUT2D eigenvalue weighted by atomic mass is 9.96. The van der Waals surface area contributed by atoms with Crippen molar-refractivity contribution in [3.63, 3.8) is 0 Å². The van der Waals surface area contributed by atoms with E-state index in [0.29, 0.717) is 29.6 Å². The highest BCUT2D eigenvalue weighted by atomic mass is 16.5. The van der Waals surface area contributed by atoms with Gasteiger partial charge in [-0.2, -0.15) is 0 Å². The predicted octanol–water partition coefficient (Wildman–Crippen LogP) is 4.04. The second kappa shape index (κ2) is 9.53. The molecule has 0 saturated carbocycles. The number of para-hydroxylation sites is 1. The van der Waals surface area contributed by atoms with E-state index in [9.17, 15) is 14.4 Å². The predicted molar refractivity (Wildman–Crippen MR) is 135 cm³/mol. The molecule has 0 radical (unpaired) electrons. The Labute approximate surface area is 207 Å². The average Bonchev–Trinajstić information content (AvgIpc) is 3.23. The summed E-state index contributed by atoms with van der Waals surface area (Å²) in [6.07, 6.45) is 1.87. The number of amides is 1. The first-order valence-corrected chi connectivity index (χ1v) is 12.1. The number of hydrogen-bond acceptors (Lipinski definition) is 6. The van der Waals surface area contributed by atoms with E-state index in [0.717, 1.165) is 39.7 Å². The lowest BCUT2D eigenvalue weighted by Gasteiger charge is -2.33. The zero-order valence-corrected chi connectivity index (χ0v) is 20.6. The summed E-state index contributed by atoms with van der Waals surface area (Å²) in [5.41, 5.74) is 4.57. The number of aromatic nitrogens is 1. The maximum Gasteiger partial charge on any atom is 0.336 e. The maximum absolute atomic E-state index is 13.4. The molecule has 8 nitrogen and oxygen atoms in total. The molecule has 0 bridgehead atoms. The van der Waals surface area contributed by atoms with Crippen LogP contribution in [-0.2, 0) is 33.7 Å². The number of hydrogen-bond donors (Lipinski definition) is 1. The summed E-state index contributed by atoms with van der Waals surface area (Å²) in [6, 6.07) is 12.2. The zero-order valence-electron chi connectivity index (χ0n) is 20.6. The van der Waals surface area contributed by atoms with E-state index >= 15 is 0 Å². The summed E-state index contributed by atoms with van der Waals surface area (Å²) in [5.74, 6) is -0.324. The number of ether oxygens (including phenoxy) is 2. The highest BCUT2D eigenvalue weighted by molar-refractivity contribution is 5.91. The number of esters is 1. The van der Waals surface area contributed by atoms with Crippen LogP contribution in [0.3, 0.4) is 0 Å². The van der Waals surface area contributed by atoms with Crippen LogP contribution in [-0.4, -0.2) is 41.5 Å². The fraction of sp³-hybridized carbons (Fsp3) is 0.321. The van der Waals surface area contributed by atoms with E-state index in [1.807, 2.05) is 44.2 Å². The third-order valence-corrected chi connectivity index (χ3v) is 6.70. The van der Waals surface area contributed by atoms with Gasteiger partial charge in [-0.15, -0.1) is 0 Å². The van der Waals surface area contributed by atoms with Crippen molar-refractivity contribution >= 4 is 33.7 Å². The summed E-state index contributed by atoms with van der Waals surface area (Å²) < 4.78 is 16.5.